The van der Waals surface area contributed by atoms with E-state index in [1.54, 1.807) is 13.8 Å². The summed E-state index contributed by atoms with van der Waals surface area (Å²) in [7, 11) is 0. The van der Waals surface area contributed by atoms with Gasteiger partial charge in [-0.3, -0.25) is 14.7 Å². The van der Waals surface area contributed by atoms with E-state index in [1.165, 1.54) is 4.57 Å². The molecule has 0 aliphatic rings. The number of hydrogen-bond donors (Lipinski definition) is 1. The molecule has 0 radical (unpaired) electrons. The SMILES string of the molecule is CCOC(=O)Nc1c(C)oc(=NC(C)C)n(C(C)C)c1=O. The average Bonchev–Trinajstić information content (AvgIpc) is 2.33. The van der Waals surface area contributed by atoms with Crippen LogP contribution in [-0.4, -0.2) is 23.3 Å². The van der Waals surface area contributed by atoms with Crippen molar-refractivity contribution in [1.29, 1.82) is 0 Å². The molecule has 21 heavy (non-hydrogen) atoms. The predicted molar refractivity (Wildman–Crippen MR) is 79.4 cm³/mol. The fourth-order valence-electron chi connectivity index (χ4n) is 1.77. The number of nitrogens with one attached hydrogen (secondary N) is 1. The van der Waals surface area contributed by atoms with Crippen molar-refractivity contribution in [1.82, 2.24) is 4.57 Å². The van der Waals surface area contributed by atoms with Gasteiger partial charge in [-0.2, -0.15) is 0 Å². The number of nitrogens with zero attached hydrogens (tertiary/aromatic N) is 2. The summed E-state index contributed by atoms with van der Waals surface area (Å²) in [6.45, 7) is 11.0. The Kier molecular flexibility index (Phi) is 5.75. The van der Waals surface area contributed by atoms with E-state index in [9.17, 15) is 9.59 Å². The van der Waals surface area contributed by atoms with Crippen molar-refractivity contribution in [3.05, 3.63) is 21.8 Å². The summed E-state index contributed by atoms with van der Waals surface area (Å²) in [6.07, 6.45) is -0.684. The minimum absolute atomic E-state index is 0.0126. The van der Waals surface area contributed by atoms with Crippen LogP contribution in [0.2, 0.25) is 0 Å². The van der Waals surface area contributed by atoms with Gasteiger partial charge < -0.3 is 9.15 Å². The number of hydrogen-bond acceptors (Lipinski definition) is 5. The molecule has 0 saturated heterocycles. The summed E-state index contributed by atoms with van der Waals surface area (Å²) < 4.78 is 11.8. The van der Waals surface area contributed by atoms with Crippen molar-refractivity contribution in [2.24, 2.45) is 4.99 Å². The van der Waals surface area contributed by atoms with Gasteiger partial charge in [0, 0.05) is 12.1 Å². The van der Waals surface area contributed by atoms with E-state index in [0.717, 1.165) is 0 Å². The Balaban J connectivity index is 3.47. The van der Waals surface area contributed by atoms with Gasteiger partial charge in [-0.1, -0.05) is 0 Å². The maximum atomic E-state index is 12.5. The number of rotatable bonds is 4. The lowest BCUT2D eigenvalue weighted by Gasteiger charge is -2.14. The van der Waals surface area contributed by atoms with Crippen LogP contribution in [0.3, 0.4) is 0 Å². The number of carbonyl (C=O) groups excluding carboxylic acids is 1. The third-order valence-electron chi connectivity index (χ3n) is 2.62. The smallest absolute Gasteiger partial charge is 0.411 e. The van der Waals surface area contributed by atoms with Crippen LogP contribution in [-0.2, 0) is 4.74 Å². The quantitative estimate of drug-likeness (QED) is 0.923. The molecule has 0 fully saturated rings. The molecule has 0 aliphatic heterocycles. The molecule has 0 spiro atoms. The molecule has 1 aromatic rings. The van der Waals surface area contributed by atoms with Crippen LogP contribution in [0.4, 0.5) is 10.5 Å². The number of amides is 1. The number of anilines is 1. The van der Waals surface area contributed by atoms with Gasteiger partial charge in [-0.25, -0.2) is 9.79 Å². The first-order chi connectivity index (χ1) is 9.77. The van der Waals surface area contributed by atoms with Crippen molar-refractivity contribution in [3.8, 4) is 0 Å². The highest BCUT2D eigenvalue weighted by molar-refractivity contribution is 5.84. The Hall–Kier alpha value is -2.05. The molecule has 7 nitrogen and oxygen atoms in total. The van der Waals surface area contributed by atoms with Crippen molar-refractivity contribution >= 4 is 11.8 Å². The molecule has 0 bridgehead atoms. The third-order valence-corrected chi connectivity index (χ3v) is 2.62. The van der Waals surface area contributed by atoms with Crippen LogP contribution in [0.1, 0.15) is 46.4 Å². The summed E-state index contributed by atoms with van der Waals surface area (Å²) in [6, 6.07) is -0.163. The van der Waals surface area contributed by atoms with Crippen LogP contribution in [0.15, 0.2) is 14.2 Å². The van der Waals surface area contributed by atoms with Crippen LogP contribution >= 0.6 is 0 Å². The van der Waals surface area contributed by atoms with Gasteiger partial charge in [0.25, 0.3) is 11.2 Å². The normalized spacial score (nSPS) is 12.1. The topological polar surface area (TPSA) is 85.8 Å². The van der Waals surface area contributed by atoms with Crippen LogP contribution in [0, 0.1) is 6.92 Å². The Morgan fingerprint density at radius 1 is 1.38 bits per heavy atom. The minimum atomic E-state index is -0.684. The molecular weight excluding hydrogens is 274 g/mol. The molecule has 1 rings (SSSR count). The maximum Gasteiger partial charge on any atom is 0.411 e. The Bertz CT molecular complexity index is 626. The molecule has 0 aromatic carbocycles. The summed E-state index contributed by atoms with van der Waals surface area (Å²) in [4.78, 5) is 28.4. The van der Waals surface area contributed by atoms with Crippen molar-refractivity contribution in [2.75, 3.05) is 11.9 Å². The Morgan fingerprint density at radius 2 is 2.00 bits per heavy atom. The molecule has 0 saturated carbocycles. The van der Waals surface area contributed by atoms with E-state index >= 15 is 0 Å². The van der Waals surface area contributed by atoms with E-state index in [4.69, 9.17) is 9.15 Å². The molecule has 1 amide bonds. The van der Waals surface area contributed by atoms with Gasteiger partial charge in [-0.15, -0.1) is 0 Å². The number of ether oxygens (including phenoxy) is 1. The molecule has 118 valence electrons. The van der Waals surface area contributed by atoms with E-state index in [2.05, 4.69) is 10.3 Å². The second kappa shape index (κ2) is 7.10. The van der Waals surface area contributed by atoms with E-state index in [-0.39, 0.29) is 35.6 Å². The minimum Gasteiger partial charge on any atom is -0.450 e. The lowest BCUT2D eigenvalue weighted by Crippen LogP contribution is -2.38. The first-order valence-electron chi connectivity index (χ1n) is 7.01. The standard InChI is InChI=1S/C14H23N3O4/c1-7-20-14(19)16-11-10(6)21-13(15-8(2)3)17(9(4)5)12(11)18/h8-9H,7H2,1-6H3,(H,16,19). The number of carbonyl (C=O) groups is 1. The maximum absolute atomic E-state index is 12.5. The summed E-state index contributed by atoms with van der Waals surface area (Å²) in [5, 5.41) is 2.43. The van der Waals surface area contributed by atoms with Crippen molar-refractivity contribution < 1.29 is 13.9 Å². The van der Waals surface area contributed by atoms with Crippen molar-refractivity contribution in [2.45, 2.75) is 53.6 Å². The highest BCUT2D eigenvalue weighted by atomic mass is 16.5. The zero-order chi connectivity index (χ0) is 16.2. The van der Waals surface area contributed by atoms with E-state index < -0.39 is 6.09 Å². The largest absolute Gasteiger partial charge is 0.450 e. The lowest BCUT2D eigenvalue weighted by molar-refractivity contribution is 0.167. The monoisotopic (exact) mass is 297 g/mol. The molecule has 0 aliphatic carbocycles. The fraction of sp³-hybridized carbons (Fsp3) is 0.643. The molecule has 1 heterocycles. The summed E-state index contributed by atoms with van der Waals surface area (Å²) in [5.74, 6) is 0.296. The van der Waals surface area contributed by atoms with Crippen molar-refractivity contribution in [3.63, 3.8) is 0 Å². The first-order valence-corrected chi connectivity index (χ1v) is 7.01. The third kappa shape index (κ3) is 4.21. The van der Waals surface area contributed by atoms with Crippen LogP contribution in [0.5, 0.6) is 0 Å². The molecular formula is C14H23N3O4. The molecule has 1 N–H and O–H groups in total. The molecule has 1 aromatic heterocycles. The fourth-order valence-corrected chi connectivity index (χ4v) is 1.77. The van der Waals surface area contributed by atoms with Crippen LogP contribution in [0.25, 0.3) is 0 Å². The highest BCUT2D eigenvalue weighted by Gasteiger charge is 2.17. The first kappa shape index (κ1) is 17.0. The van der Waals surface area contributed by atoms with E-state index in [0.29, 0.717) is 5.76 Å². The van der Waals surface area contributed by atoms with Gasteiger partial charge in [0.2, 0.25) is 0 Å². The lowest BCUT2D eigenvalue weighted by atomic mass is 10.3. The van der Waals surface area contributed by atoms with E-state index in [1.807, 2.05) is 27.7 Å². The number of aromatic nitrogens is 1. The predicted octanol–water partition coefficient (Wildman–Crippen LogP) is 2.21. The van der Waals surface area contributed by atoms with Gasteiger partial charge in [0.05, 0.1) is 6.61 Å². The summed E-state index contributed by atoms with van der Waals surface area (Å²) in [5.41, 5.74) is -0.0389. The Labute approximate surface area is 123 Å². The average molecular weight is 297 g/mol. The van der Waals surface area contributed by atoms with Crippen LogP contribution < -0.4 is 16.6 Å². The van der Waals surface area contributed by atoms with Gasteiger partial charge >= 0.3 is 6.09 Å². The second-order valence-corrected chi connectivity index (χ2v) is 5.15. The second-order valence-electron chi connectivity index (χ2n) is 5.15. The zero-order valence-electron chi connectivity index (χ0n) is 13.4. The molecule has 7 heteroatoms. The van der Waals surface area contributed by atoms with Gasteiger partial charge in [0.1, 0.15) is 11.4 Å². The summed E-state index contributed by atoms with van der Waals surface area (Å²) >= 11 is 0. The molecule has 0 atom stereocenters. The number of aryl methyl sites for hydroxylation is 1. The molecule has 0 unspecified atom stereocenters. The Morgan fingerprint density at radius 3 is 2.48 bits per heavy atom. The zero-order valence-corrected chi connectivity index (χ0v) is 13.4. The highest BCUT2D eigenvalue weighted by Crippen LogP contribution is 2.09. The van der Waals surface area contributed by atoms with Gasteiger partial charge in [0.15, 0.2) is 0 Å². The van der Waals surface area contributed by atoms with Gasteiger partial charge in [-0.05, 0) is 41.5 Å².